The van der Waals surface area contributed by atoms with Gasteiger partial charge < -0.3 is 10.6 Å². The number of hydrogen-bond donors (Lipinski definition) is 2. The number of guanidine groups is 1. The second kappa shape index (κ2) is 10.6. The maximum atomic E-state index is 4.70. The molecule has 152 valence electrons. The van der Waals surface area contributed by atoms with Gasteiger partial charge in [-0.1, -0.05) is 31.2 Å². The van der Waals surface area contributed by atoms with E-state index in [9.17, 15) is 0 Å². The zero-order chi connectivity index (χ0) is 19.8. The quantitative estimate of drug-likeness (QED) is 0.527. The fourth-order valence-electron chi connectivity index (χ4n) is 3.58. The van der Waals surface area contributed by atoms with E-state index >= 15 is 0 Å². The minimum atomic E-state index is 0.778. The third kappa shape index (κ3) is 6.04. The lowest BCUT2D eigenvalue weighted by molar-refractivity contribution is 0.331. The van der Waals surface area contributed by atoms with Gasteiger partial charge in [-0.2, -0.15) is 0 Å². The van der Waals surface area contributed by atoms with Crippen LogP contribution in [0.15, 0.2) is 29.3 Å². The van der Waals surface area contributed by atoms with E-state index in [1.54, 1.807) is 11.3 Å². The van der Waals surface area contributed by atoms with Gasteiger partial charge in [0.05, 0.1) is 10.7 Å². The minimum absolute atomic E-state index is 0.778. The number of thiazole rings is 1. The summed E-state index contributed by atoms with van der Waals surface area (Å²) in [6.45, 7) is 9.49. The minimum Gasteiger partial charge on any atom is -0.356 e. The number of nitrogens with zero attached hydrogens (tertiary/aromatic N) is 3. The summed E-state index contributed by atoms with van der Waals surface area (Å²) in [5.41, 5.74) is 3.91. The number of hydrogen-bond acceptors (Lipinski definition) is 4. The second-order valence-electron chi connectivity index (χ2n) is 7.37. The predicted molar refractivity (Wildman–Crippen MR) is 119 cm³/mol. The van der Waals surface area contributed by atoms with Crippen molar-refractivity contribution >= 4 is 17.3 Å². The number of likely N-dealkylation sites (tertiary alicyclic amines) is 1. The maximum Gasteiger partial charge on any atom is 0.191 e. The normalized spacial score (nSPS) is 15.2. The van der Waals surface area contributed by atoms with Crippen LogP contribution in [0.25, 0.3) is 0 Å². The summed E-state index contributed by atoms with van der Waals surface area (Å²) in [5.74, 6) is 0.838. The molecule has 0 unspecified atom stereocenters. The molecule has 0 atom stereocenters. The van der Waals surface area contributed by atoms with Crippen molar-refractivity contribution in [2.24, 2.45) is 4.99 Å². The Morgan fingerprint density at radius 2 is 1.86 bits per heavy atom. The van der Waals surface area contributed by atoms with Crippen LogP contribution in [0, 0.1) is 6.92 Å². The lowest BCUT2D eigenvalue weighted by Gasteiger charge is -2.15. The average molecular weight is 400 g/mol. The molecule has 0 amide bonds. The van der Waals surface area contributed by atoms with Crippen molar-refractivity contribution in [3.8, 4) is 0 Å². The van der Waals surface area contributed by atoms with E-state index in [0.717, 1.165) is 38.4 Å². The Hall–Kier alpha value is -1.92. The van der Waals surface area contributed by atoms with Crippen LogP contribution < -0.4 is 10.6 Å². The van der Waals surface area contributed by atoms with Gasteiger partial charge in [-0.25, -0.2) is 4.98 Å². The van der Waals surface area contributed by atoms with Gasteiger partial charge in [0.25, 0.3) is 0 Å². The van der Waals surface area contributed by atoms with E-state index < -0.39 is 0 Å². The monoisotopic (exact) mass is 399 g/mol. The van der Waals surface area contributed by atoms with Crippen molar-refractivity contribution < 1.29 is 0 Å². The summed E-state index contributed by atoms with van der Waals surface area (Å²) in [6.07, 6.45) is 4.62. The molecular formula is C22H33N5S. The molecule has 2 N–H and O–H groups in total. The summed E-state index contributed by atoms with van der Waals surface area (Å²) in [6, 6.07) is 8.94. The van der Waals surface area contributed by atoms with E-state index in [1.807, 2.05) is 7.05 Å². The molecule has 1 fully saturated rings. The molecule has 0 saturated carbocycles. The van der Waals surface area contributed by atoms with E-state index in [4.69, 9.17) is 4.98 Å². The first-order chi connectivity index (χ1) is 13.7. The Morgan fingerprint density at radius 3 is 2.50 bits per heavy atom. The lowest BCUT2D eigenvalue weighted by Crippen LogP contribution is -2.37. The van der Waals surface area contributed by atoms with Crippen LogP contribution in [0.3, 0.4) is 0 Å². The second-order valence-corrected chi connectivity index (χ2v) is 8.65. The Balaban J connectivity index is 1.40. The maximum absolute atomic E-state index is 4.70. The molecular weight excluding hydrogens is 366 g/mol. The molecule has 0 spiro atoms. The van der Waals surface area contributed by atoms with Crippen molar-refractivity contribution in [3.05, 3.63) is 51.0 Å². The highest BCUT2D eigenvalue weighted by Crippen LogP contribution is 2.18. The lowest BCUT2D eigenvalue weighted by atomic mass is 10.1. The SMILES string of the molecule is CCc1nc(CCNC(=NC)NCc2ccc(CN3CCCC3)cc2)sc1C. The van der Waals surface area contributed by atoms with Gasteiger partial charge in [0.2, 0.25) is 0 Å². The van der Waals surface area contributed by atoms with Crippen molar-refractivity contribution in [2.45, 2.75) is 52.6 Å². The van der Waals surface area contributed by atoms with Crippen molar-refractivity contribution in [1.29, 1.82) is 0 Å². The van der Waals surface area contributed by atoms with Gasteiger partial charge >= 0.3 is 0 Å². The first kappa shape index (κ1) is 20.8. The highest BCUT2D eigenvalue weighted by atomic mass is 32.1. The third-order valence-electron chi connectivity index (χ3n) is 5.21. The van der Waals surface area contributed by atoms with Crippen LogP contribution in [0.2, 0.25) is 0 Å². The molecule has 1 aromatic carbocycles. The zero-order valence-electron chi connectivity index (χ0n) is 17.4. The van der Waals surface area contributed by atoms with E-state index in [1.165, 1.54) is 52.6 Å². The van der Waals surface area contributed by atoms with Crippen LogP contribution in [0.1, 0.15) is 46.5 Å². The zero-order valence-corrected chi connectivity index (χ0v) is 18.2. The molecule has 2 aromatic rings. The molecule has 1 aliphatic rings. The Bertz CT molecular complexity index is 760. The van der Waals surface area contributed by atoms with Gasteiger partial charge in [-0.05, 0) is 50.4 Å². The van der Waals surface area contributed by atoms with Crippen molar-refractivity contribution in [1.82, 2.24) is 20.5 Å². The Morgan fingerprint density at radius 1 is 1.14 bits per heavy atom. The molecule has 6 heteroatoms. The van der Waals surface area contributed by atoms with Crippen molar-refractivity contribution in [2.75, 3.05) is 26.7 Å². The highest BCUT2D eigenvalue weighted by Gasteiger charge is 2.11. The number of benzene rings is 1. The Kier molecular flexibility index (Phi) is 7.86. The van der Waals surface area contributed by atoms with Crippen LogP contribution in [-0.2, 0) is 25.9 Å². The largest absolute Gasteiger partial charge is 0.356 e. The predicted octanol–water partition coefficient (Wildman–Crippen LogP) is 3.52. The summed E-state index contributed by atoms with van der Waals surface area (Å²) in [4.78, 5) is 12.9. The molecule has 0 bridgehead atoms. The molecule has 3 rings (SSSR count). The molecule has 0 aliphatic carbocycles. The van der Waals surface area contributed by atoms with Crippen LogP contribution in [-0.4, -0.2) is 42.5 Å². The number of aliphatic imine (C=N–C) groups is 1. The van der Waals surface area contributed by atoms with Crippen molar-refractivity contribution in [3.63, 3.8) is 0 Å². The Labute approximate surface area is 173 Å². The van der Waals surface area contributed by atoms with E-state index in [0.29, 0.717) is 0 Å². The first-order valence-electron chi connectivity index (χ1n) is 10.4. The smallest absolute Gasteiger partial charge is 0.191 e. The molecule has 1 aliphatic heterocycles. The van der Waals surface area contributed by atoms with Crippen LogP contribution >= 0.6 is 11.3 Å². The summed E-state index contributed by atoms with van der Waals surface area (Å²) >= 11 is 1.81. The standard InChI is InChI=1S/C22H33N5S/c1-4-20-17(2)28-21(26-20)11-12-24-22(23-3)25-15-18-7-9-19(10-8-18)16-27-13-5-6-14-27/h7-10H,4-6,11-16H2,1-3H3,(H2,23,24,25). The molecule has 1 aromatic heterocycles. The van der Waals surface area contributed by atoms with Crippen LogP contribution in [0.4, 0.5) is 0 Å². The molecule has 1 saturated heterocycles. The van der Waals surface area contributed by atoms with Gasteiger partial charge in [-0.3, -0.25) is 9.89 Å². The van der Waals surface area contributed by atoms with Gasteiger partial charge in [0.1, 0.15) is 0 Å². The number of nitrogens with one attached hydrogen (secondary N) is 2. The number of aryl methyl sites for hydroxylation is 2. The first-order valence-corrected chi connectivity index (χ1v) is 11.2. The topological polar surface area (TPSA) is 52.6 Å². The van der Waals surface area contributed by atoms with Gasteiger partial charge in [0.15, 0.2) is 5.96 Å². The fraction of sp³-hybridized carbons (Fsp3) is 0.545. The highest BCUT2D eigenvalue weighted by molar-refractivity contribution is 7.11. The van der Waals surface area contributed by atoms with Gasteiger partial charge in [-0.15, -0.1) is 11.3 Å². The molecule has 0 radical (unpaired) electrons. The summed E-state index contributed by atoms with van der Waals surface area (Å²) in [5, 5.41) is 8.00. The third-order valence-corrected chi connectivity index (χ3v) is 6.29. The van der Waals surface area contributed by atoms with E-state index in [2.05, 4.69) is 58.6 Å². The van der Waals surface area contributed by atoms with Gasteiger partial charge in [0, 0.05) is 38.0 Å². The van der Waals surface area contributed by atoms with E-state index in [-0.39, 0.29) is 0 Å². The average Bonchev–Trinajstić information content (AvgIpc) is 3.35. The molecule has 5 nitrogen and oxygen atoms in total. The van der Waals surface area contributed by atoms with Crippen LogP contribution in [0.5, 0.6) is 0 Å². The fourth-order valence-corrected chi connectivity index (χ4v) is 4.60. The summed E-state index contributed by atoms with van der Waals surface area (Å²) < 4.78 is 0. The number of rotatable bonds is 8. The molecule has 2 heterocycles. The summed E-state index contributed by atoms with van der Waals surface area (Å²) in [7, 11) is 1.82. The number of aromatic nitrogens is 1. The molecule has 28 heavy (non-hydrogen) atoms.